The molecule has 0 aromatic heterocycles. The van der Waals surface area contributed by atoms with Gasteiger partial charge in [0, 0.05) is 29.6 Å². The van der Waals surface area contributed by atoms with Crippen LogP contribution in [0.25, 0.3) is 0 Å². The molecule has 0 fully saturated rings. The Hall–Kier alpha value is -3.80. The molecule has 0 amide bonds. The van der Waals surface area contributed by atoms with E-state index in [2.05, 4.69) is 23.8 Å². The van der Waals surface area contributed by atoms with Crippen LogP contribution in [-0.4, -0.2) is 35.9 Å². The number of phenols is 2. The third kappa shape index (κ3) is 12.4. The Morgan fingerprint density at radius 1 is 0.524 bits per heavy atom. The molecule has 3 aromatic carbocycles. The summed E-state index contributed by atoms with van der Waals surface area (Å²) in [5.41, 5.74) is 2.44. The summed E-state index contributed by atoms with van der Waals surface area (Å²) >= 11 is 0. The van der Waals surface area contributed by atoms with Crippen LogP contribution >= 0.6 is 0 Å². The minimum absolute atomic E-state index is 0.0563. The minimum atomic E-state index is -0.0563. The molecule has 6 heteroatoms. The van der Waals surface area contributed by atoms with Crippen molar-refractivity contribution in [1.82, 2.24) is 0 Å². The summed E-state index contributed by atoms with van der Waals surface area (Å²) in [5.74, 6) is 1.54. The molecule has 0 radical (unpaired) electrons. The molecule has 3 rings (SSSR count). The standard InChI is InChI=1S/C36H48N2O4/c1-3-5-7-9-11-13-23-41-33-19-15-31(16-20-33)37-27-29-25-30(36(40)26-35(29)39)28-38-32-17-21-34(22-18-32)42-24-14-12-10-8-6-4-2/h15-22,25-28,39-40H,3-14,23-24H2,1-2H3. The first-order valence-corrected chi connectivity index (χ1v) is 15.7. The van der Waals surface area contributed by atoms with E-state index in [1.54, 1.807) is 18.5 Å². The molecule has 0 heterocycles. The lowest BCUT2D eigenvalue weighted by atomic mass is 10.1. The molecule has 0 unspecified atom stereocenters. The Morgan fingerprint density at radius 2 is 0.905 bits per heavy atom. The topological polar surface area (TPSA) is 83.6 Å². The lowest BCUT2D eigenvalue weighted by Crippen LogP contribution is -1.97. The van der Waals surface area contributed by atoms with E-state index < -0.39 is 0 Å². The lowest BCUT2D eigenvalue weighted by molar-refractivity contribution is 0.304. The maximum atomic E-state index is 10.4. The molecule has 0 saturated carbocycles. The number of ether oxygens (including phenoxy) is 2. The van der Waals surface area contributed by atoms with Gasteiger partial charge in [-0.2, -0.15) is 0 Å². The third-order valence-electron chi connectivity index (χ3n) is 7.09. The van der Waals surface area contributed by atoms with E-state index >= 15 is 0 Å². The molecule has 0 saturated heterocycles. The molecule has 6 nitrogen and oxygen atoms in total. The maximum Gasteiger partial charge on any atom is 0.128 e. The fourth-order valence-corrected chi connectivity index (χ4v) is 4.51. The van der Waals surface area contributed by atoms with Gasteiger partial charge in [-0.25, -0.2) is 0 Å². The summed E-state index contributed by atoms with van der Waals surface area (Å²) in [6, 6.07) is 18.1. The van der Waals surface area contributed by atoms with Gasteiger partial charge in [0.15, 0.2) is 0 Å². The smallest absolute Gasteiger partial charge is 0.128 e. The molecule has 0 bridgehead atoms. The van der Waals surface area contributed by atoms with Crippen molar-refractivity contribution in [1.29, 1.82) is 0 Å². The number of rotatable bonds is 20. The fourth-order valence-electron chi connectivity index (χ4n) is 4.51. The number of aromatic hydroxyl groups is 2. The zero-order valence-corrected chi connectivity index (χ0v) is 25.4. The lowest BCUT2D eigenvalue weighted by Gasteiger charge is -2.07. The van der Waals surface area contributed by atoms with Crippen LogP contribution in [0.4, 0.5) is 11.4 Å². The van der Waals surface area contributed by atoms with E-state index in [1.165, 1.54) is 70.3 Å². The van der Waals surface area contributed by atoms with E-state index in [4.69, 9.17) is 9.47 Å². The quantitative estimate of drug-likeness (QED) is 0.104. The van der Waals surface area contributed by atoms with E-state index in [0.717, 1.165) is 48.9 Å². The van der Waals surface area contributed by atoms with Gasteiger partial charge in [0.25, 0.3) is 0 Å². The van der Waals surface area contributed by atoms with E-state index in [9.17, 15) is 10.2 Å². The Balaban J connectivity index is 1.49. The SMILES string of the molecule is CCCCCCCCOc1ccc(N=Cc2cc(C=Nc3ccc(OCCCCCCCC)cc3)c(O)cc2O)cc1. The molecule has 0 spiro atoms. The van der Waals surface area contributed by atoms with Crippen molar-refractivity contribution in [3.8, 4) is 23.0 Å². The Bertz CT molecular complexity index is 1130. The number of unbranched alkanes of at least 4 members (excludes halogenated alkanes) is 10. The van der Waals surface area contributed by atoms with Crippen molar-refractivity contribution in [2.24, 2.45) is 9.98 Å². The molecule has 0 aliphatic carbocycles. The number of aliphatic imine (C=N–C) groups is 2. The highest BCUT2D eigenvalue weighted by Crippen LogP contribution is 2.27. The number of phenolic OH excluding ortho intramolecular Hbond substituents is 2. The van der Waals surface area contributed by atoms with E-state index in [-0.39, 0.29) is 11.5 Å². The summed E-state index contributed by atoms with van der Waals surface area (Å²) in [7, 11) is 0. The number of nitrogens with zero attached hydrogens (tertiary/aromatic N) is 2. The molecular weight excluding hydrogens is 524 g/mol. The molecule has 226 valence electrons. The average Bonchev–Trinajstić information content (AvgIpc) is 3.00. The Labute approximate surface area is 252 Å². The van der Waals surface area contributed by atoms with Gasteiger partial charge in [0.1, 0.15) is 23.0 Å². The third-order valence-corrected chi connectivity index (χ3v) is 7.09. The summed E-state index contributed by atoms with van der Waals surface area (Å²) < 4.78 is 11.7. The zero-order chi connectivity index (χ0) is 29.8. The van der Waals surface area contributed by atoms with Crippen molar-refractivity contribution < 1.29 is 19.7 Å². The van der Waals surface area contributed by atoms with Gasteiger partial charge in [-0.3, -0.25) is 9.98 Å². The normalized spacial score (nSPS) is 11.5. The fraction of sp³-hybridized carbons (Fsp3) is 0.444. The molecule has 0 atom stereocenters. The minimum Gasteiger partial charge on any atom is -0.507 e. The van der Waals surface area contributed by atoms with Crippen molar-refractivity contribution in [3.63, 3.8) is 0 Å². The van der Waals surface area contributed by atoms with Gasteiger partial charge in [-0.05, 0) is 67.4 Å². The summed E-state index contributed by atoms with van der Waals surface area (Å²) in [4.78, 5) is 8.97. The van der Waals surface area contributed by atoms with Gasteiger partial charge in [-0.1, -0.05) is 78.1 Å². The van der Waals surface area contributed by atoms with Crippen LogP contribution in [0.2, 0.25) is 0 Å². The summed E-state index contributed by atoms with van der Waals surface area (Å²) in [6.45, 7) is 5.90. The molecule has 0 aliphatic heterocycles. The van der Waals surface area contributed by atoms with Crippen molar-refractivity contribution in [2.75, 3.05) is 13.2 Å². The van der Waals surface area contributed by atoms with Crippen molar-refractivity contribution >= 4 is 23.8 Å². The Kier molecular flexibility index (Phi) is 15.1. The number of hydrogen-bond donors (Lipinski definition) is 2. The van der Waals surface area contributed by atoms with Crippen molar-refractivity contribution in [2.45, 2.75) is 90.9 Å². The second-order valence-corrected chi connectivity index (χ2v) is 10.7. The summed E-state index contributed by atoms with van der Waals surface area (Å²) in [6.07, 6.45) is 18.0. The summed E-state index contributed by atoms with van der Waals surface area (Å²) in [5, 5.41) is 20.7. The van der Waals surface area contributed by atoms with E-state index in [1.807, 2.05) is 48.5 Å². The monoisotopic (exact) mass is 572 g/mol. The molecule has 3 aromatic rings. The van der Waals surface area contributed by atoms with Crippen LogP contribution in [0, 0.1) is 0 Å². The Morgan fingerprint density at radius 3 is 1.31 bits per heavy atom. The molecular formula is C36H48N2O4. The predicted molar refractivity (Wildman–Crippen MR) is 175 cm³/mol. The van der Waals surface area contributed by atoms with Gasteiger partial charge < -0.3 is 19.7 Å². The molecule has 0 aliphatic rings. The predicted octanol–water partition coefficient (Wildman–Crippen LogP) is 10.1. The first kappa shape index (κ1) is 32.7. The van der Waals surface area contributed by atoms with E-state index in [0.29, 0.717) is 11.1 Å². The van der Waals surface area contributed by atoms with Gasteiger partial charge in [0.2, 0.25) is 0 Å². The number of benzene rings is 3. The second-order valence-electron chi connectivity index (χ2n) is 10.7. The van der Waals surface area contributed by atoms with Crippen molar-refractivity contribution in [3.05, 3.63) is 71.8 Å². The first-order chi connectivity index (χ1) is 20.6. The highest BCUT2D eigenvalue weighted by molar-refractivity contribution is 5.92. The zero-order valence-electron chi connectivity index (χ0n) is 25.4. The van der Waals surface area contributed by atoms with Crippen LogP contribution in [0.5, 0.6) is 23.0 Å². The second kappa shape index (κ2) is 19.3. The van der Waals surface area contributed by atoms with Gasteiger partial charge >= 0.3 is 0 Å². The maximum absolute atomic E-state index is 10.4. The van der Waals surface area contributed by atoms with Crippen LogP contribution in [0.3, 0.4) is 0 Å². The highest BCUT2D eigenvalue weighted by Gasteiger charge is 2.07. The molecule has 42 heavy (non-hydrogen) atoms. The van der Waals surface area contributed by atoms with Gasteiger partial charge in [0.05, 0.1) is 24.6 Å². The van der Waals surface area contributed by atoms with Crippen LogP contribution in [0.15, 0.2) is 70.6 Å². The average molecular weight is 573 g/mol. The number of hydrogen-bond acceptors (Lipinski definition) is 6. The highest BCUT2D eigenvalue weighted by atomic mass is 16.5. The van der Waals surface area contributed by atoms with Crippen LogP contribution in [0.1, 0.15) is 102 Å². The molecule has 2 N–H and O–H groups in total. The van der Waals surface area contributed by atoms with Crippen LogP contribution in [-0.2, 0) is 0 Å². The van der Waals surface area contributed by atoms with Crippen LogP contribution < -0.4 is 9.47 Å². The first-order valence-electron chi connectivity index (χ1n) is 15.7. The van der Waals surface area contributed by atoms with Gasteiger partial charge in [-0.15, -0.1) is 0 Å². The largest absolute Gasteiger partial charge is 0.507 e.